The number of fused-ring (bicyclic) bond motifs is 1. The maximum Gasteiger partial charge on any atom is 0.368 e. The van der Waals surface area contributed by atoms with Crippen LogP contribution in [0.5, 0.6) is 5.75 Å². The number of para-hydroxylation sites is 1. The van der Waals surface area contributed by atoms with E-state index in [1.807, 2.05) is 36.6 Å². The highest BCUT2D eigenvalue weighted by Crippen LogP contribution is 2.59. The second kappa shape index (κ2) is 10.6. The third-order valence-electron chi connectivity index (χ3n) is 5.32. The molecule has 0 amide bonds. The van der Waals surface area contributed by atoms with E-state index in [4.69, 9.17) is 9.84 Å². The molecular formula is C23H28FNO5S2. The molecule has 6 nitrogen and oxygen atoms in total. The Labute approximate surface area is 193 Å². The van der Waals surface area contributed by atoms with E-state index in [1.165, 1.54) is 17.8 Å². The fourth-order valence-corrected chi connectivity index (χ4v) is 6.21. The first-order valence-electron chi connectivity index (χ1n) is 10.3. The molecular weight excluding hydrogens is 453 g/mol. The molecule has 9 heteroatoms. The molecule has 1 aliphatic rings. The van der Waals surface area contributed by atoms with Gasteiger partial charge in [-0.3, -0.25) is 9.11 Å². The van der Waals surface area contributed by atoms with Crippen LogP contribution in [-0.4, -0.2) is 38.7 Å². The molecule has 3 rings (SSSR count). The lowest BCUT2D eigenvalue weighted by atomic mass is 10.0. The van der Waals surface area contributed by atoms with Gasteiger partial charge in [-0.25, -0.2) is 4.79 Å². The zero-order valence-corrected chi connectivity index (χ0v) is 19.7. The molecule has 0 bridgehead atoms. The molecule has 0 saturated heterocycles. The van der Waals surface area contributed by atoms with Crippen LogP contribution in [0.3, 0.4) is 0 Å². The number of anilines is 2. The number of hydrogen-bond donors (Lipinski definition) is 3. The lowest BCUT2D eigenvalue weighted by molar-refractivity contribution is -0.134. The Morgan fingerprint density at radius 2 is 2.03 bits per heavy atom. The van der Waals surface area contributed by atoms with Gasteiger partial charge in [-0.2, -0.15) is 15.0 Å². The molecule has 3 N–H and O–H groups in total. The number of thioether (sulfide) groups is 1. The van der Waals surface area contributed by atoms with Crippen molar-refractivity contribution in [1.82, 2.24) is 0 Å². The van der Waals surface area contributed by atoms with Crippen molar-refractivity contribution in [3.8, 4) is 5.75 Å². The van der Waals surface area contributed by atoms with Crippen molar-refractivity contribution in [3.05, 3.63) is 54.6 Å². The number of carboxylic acid groups (broad SMARTS) is 1. The van der Waals surface area contributed by atoms with E-state index < -0.39 is 22.4 Å². The quantitative estimate of drug-likeness (QED) is 0.218. The predicted octanol–water partition coefficient (Wildman–Crippen LogP) is 6.75. The maximum absolute atomic E-state index is 13.5. The van der Waals surface area contributed by atoms with Gasteiger partial charge < -0.3 is 14.7 Å². The normalized spacial score (nSPS) is 19.1. The van der Waals surface area contributed by atoms with E-state index >= 15 is 0 Å². The van der Waals surface area contributed by atoms with Gasteiger partial charge in [0.1, 0.15) is 12.0 Å². The average molecular weight is 482 g/mol. The highest BCUT2D eigenvalue weighted by Gasteiger charge is 2.33. The molecule has 0 saturated carbocycles. The monoisotopic (exact) mass is 481 g/mol. The number of carbonyl (C=O) groups is 1. The van der Waals surface area contributed by atoms with Gasteiger partial charge in [0.05, 0.1) is 15.5 Å². The lowest BCUT2D eigenvalue weighted by Gasteiger charge is -2.34. The van der Waals surface area contributed by atoms with Crippen LogP contribution in [0.2, 0.25) is 0 Å². The van der Waals surface area contributed by atoms with Gasteiger partial charge in [-0.1, -0.05) is 38.0 Å². The van der Waals surface area contributed by atoms with E-state index in [0.29, 0.717) is 28.3 Å². The second-order valence-electron chi connectivity index (χ2n) is 7.65. The molecule has 1 atom stereocenters. The zero-order valence-electron chi connectivity index (χ0n) is 18.0. The van der Waals surface area contributed by atoms with E-state index in [0.717, 1.165) is 24.9 Å². The molecule has 0 spiro atoms. The fraction of sp³-hybridized carbons (Fsp3) is 0.348. The minimum atomic E-state index is -3.16. The Morgan fingerprint density at radius 1 is 1.31 bits per heavy atom. The van der Waals surface area contributed by atoms with Crippen LogP contribution in [0.15, 0.2) is 64.3 Å². The zero-order chi connectivity index (χ0) is 23.3. The molecule has 0 aliphatic carbocycles. The summed E-state index contributed by atoms with van der Waals surface area (Å²) >= 11 is 1.34. The van der Waals surface area contributed by atoms with Gasteiger partial charge in [-0.15, -0.1) is 11.8 Å². The smallest absolute Gasteiger partial charge is 0.368 e. The van der Waals surface area contributed by atoms with Crippen molar-refractivity contribution in [3.63, 3.8) is 0 Å². The minimum Gasteiger partial charge on any atom is -0.476 e. The van der Waals surface area contributed by atoms with E-state index in [9.17, 15) is 18.3 Å². The van der Waals surface area contributed by atoms with Crippen LogP contribution in [0, 0.1) is 5.92 Å². The van der Waals surface area contributed by atoms with Crippen LogP contribution < -0.4 is 9.64 Å². The summed E-state index contributed by atoms with van der Waals surface area (Å²) in [5.74, 6) is -2.71. The number of nitrogens with zero attached hydrogens (tertiary/aromatic N) is 1. The summed E-state index contributed by atoms with van der Waals surface area (Å²) in [6, 6.07) is 13.1. The molecule has 2 aromatic carbocycles. The fourth-order valence-electron chi connectivity index (χ4n) is 3.77. The van der Waals surface area contributed by atoms with Gasteiger partial charge >= 0.3 is 5.97 Å². The molecule has 0 unspecified atom stereocenters. The van der Waals surface area contributed by atoms with Crippen LogP contribution in [0.25, 0.3) is 0 Å². The molecule has 0 radical (unpaired) electrons. The molecule has 0 aromatic heterocycles. The highest BCUT2D eigenvalue weighted by atomic mass is 32.3. The summed E-state index contributed by atoms with van der Waals surface area (Å²) in [5.41, 5.74) is 1.60. The van der Waals surface area contributed by atoms with Crippen molar-refractivity contribution in [2.45, 2.75) is 36.0 Å². The van der Waals surface area contributed by atoms with Crippen LogP contribution in [0.4, 0.5) is 15.8 Å². The third kappa shape index (κ3) is 5.58. The topological polar surface area (TPSA) is 90.2 Å². The number of carboxylic acids is 1. The number of aliphatic carboxylic acids is 1. The summed E-state index contributed by atoms with van der Waals surface area (Å²) in [4.78, 5) is 13.8. The van der Waals surface area contributed by atoms with Crippen LogP contribution in [0.1, 0.15) is 26.2 Å². The number of hydrogen-bond acceptors (Lipinski definition) is 6. The Hall–Kier alpha value is -2.20. The summed E-state index contributed by atoms with van der Waals surface area (Å²) < 4.78 is 41.1. The maximum atomic E-state index is 13.5. The molecule has 2 aromatic rings. The van der Waals surface area contributed by atoms with Crippen LogP contribution >= 0.6 is 22.4 Å². The molecule has 174 valence electrons. The standard InChI is InChI=1S/C23H28FNO5S2/c1-3-4-8-16-13-25(17-9-6-5-7-10-17)19-11-21(31-2)20(30-14-18(24)23(26)27)12-22(19)32(28,29)15-16/h5-7,9-12,14,16,28-29H,3-4,8,13,15H2,1-2H3,(H,26,27)/b18-14-/t16-/m0/s1. The van der Waals surface area contributed by atoms with E-state index in [1.54, 1.807) is 6.07 Å². The summed E-state index contributed by atoms with van der Waals surface area (Å²) in [5, 5.41) is 8.75. The van der Waals surface area contributed by atoms with Gasteiger partial charge in [-0.05, 0) is 36.8 Å². The number of halogens is 1. The molecule has 0 fully saturated rings. The van der Waals surface area contributed by atoms with Crippen molar-refractivity contribution in [2.75, 3.05) is 23.5 Å². The van der Waals surface area contributed by atoms with Gasteiger partial charge in [0, 0.05) is 24.1 Å². The summed E-state index contributed by atoms with van der Waals surface area (Å²) in [6.07, 6.45) is 5.21. The number of benzene rings is 2. The largest absolute Gasteiger partial charge is 0.476 e. The van der Waals surface area contributed by atoms with Crippen molar-refractivity contribution >= 4 is 39.7 Å². The van der Waals surface area contributed by atoms with Gasteiger partial charge in [0.25, 0.3) is 0 Å². The molecule has 1 aliphatic heterocycles. The van der Waals surface area contributed by atoms with Crippen molar-refractivity contribution in [1.29, 1.82) is 0 Å². The number of unbranched alkanes of at least 4 members (excludes halogenated alkanes) is 1. The number of rotatable bonds is 8. The molecule has 32 heavy (non-hydrogen) atoms. The summed E-state index contributed by atoms with van der Waals surface area (Å²) in [7, 11) is -3.16. The Morgan fingerprint density at radius 3 is 2.66 bits per heavy atom. The number of ether oxygens (including phenoxy) is 1. The first kappa shape index (κ1) is 24.4. The Bertz CT molecular complexity index is 984. The van der Waals surface area contributed by atoms with Crippen LogP contribution in [-0.2, 0) is 4.79 Å². The minimum absolute atomic E-state index is 0.0685. The summed E-state index contributed by atoms with van der Waals surface area (Å²) in [6.45, 7) is 2.74. The first-order chi connectivity index (χ1) is 15.3. The lowest BCUT2D eigenvalue weighted by Crippen LogP contribution is -2.25. The third-order valence-corrected chi connectivity index (χ3v) is 8.05. The van der Waals surface area contributed by atoms with E-state index in [-0.39, 0.29) is 17.4 Å². The highest BCUT2D eigenvalue weighted by molar-refractivity contribution is 8.24. The average Bonchev–Trinajstić information content (AvgIpc) is 2.89. The van der Waals surface area contributed by atoms with Gasteiger partial charge in [0.2, 0.25) is 5.83 Å². The van der Waals surface area contributed by atoms with Gasteiger partial charge in [0.15, 0.2) is 0 Å². The Kier molecular flexibility index (Phi) is 8.10. The SMILES string of the molecule is CCCC[C@H]1CN(c2ccccc2)c2cc(SC)c(O/C=C(\F)C(=O)O)cc2S(O)(O)C1. The second-order valence-corrected chi connectivity index (χ2v) is 10.6. The molecule has 1 heterocycles. The van der Waals surface area contributed by atoms with Crippen molar-refractivity contribution in [2.24, 2.45) is 5.92 Å². The van der Waals surface area contributed by atoms with Crippen molar-refractivity contribution < 1.29 is 28.1 Å². The van der Waals surface area contributed by atoms with E-state index in [2.05, 4.69) is 11.8 Å². The predicted molar refractivity (Wildman–Crippen MR) is 128 cm³/mol. The first-order valence-corrected chi connectivity index (χ1v) is 13.3. The Balaban J connectivity index is 2.13.